The Bertz CT molecular complexity index is 336. The molecule has 3 nitrogen and oxygen atoms in total. The van der Waals surface area contributed by atoms with Crippen LogP contribution in [0.2, 0.25) is 0 Å². The minimum absolute atomic E-state index is 0.184. The van der Waals surface area contributed by atoms with Gasteiger partial charge in [-0.25, -0.2) is 0 Å². The molecule has 1 saturated carbocycles. The maximum absolute atomic E-state index is 9.11. The molecule has 0 spiro atoms. The van der Waals surface area contributed by atoms with Crippen LogP contribution in [0, 0.1) is 11.3 Å². The van der Waals surface area contributed by atoms with Crippen molar-refractivity contribution >= 4 is 0 Å². The fourth-order valence-corrected chi connectivity index (χ4v) is 2.09. The van der Waals surface area contributed by atoms with Crippen LogP contribution in [0.1, 0.15) is 37.3 Å². The van der Waals surface area contributed by atoms with Gasteiger partial charge in [0.15, 0.2) is 0 Å². The summed E-state index contributed by atoms with van der Waals surface area (Å²) in [4.78, 5) is 3.96. The smallest absolute Gasteiger partial charge is 0.121 e. The molecule has 1 fully saturated rings. The zero-order chi connectivity index (χ0) is 10.5. The van der Waals surface area contributed by atoms with Crippen molar-refractivity contribution in [1.29, 1.82) is 5.26 Å². The molecule has 1 atom stereocenters. The average molecular weight is 201 g/mol. The Kier molecular flexibility index (Phi) is 3.31. The van der Waals surface area contributed by atoms with E-state index in [9.17, 15) is 0 Å². The molecule has 0 saturated heterocycles. The number of hydrogen-bond acceptors (Lipinski definition) is 3. The van der Waals surface area contributed by atoms with Crippen LogP contribution in [0.3, 0.4) is 0 Å². The molecule has 0 radical (unpaired) electrons. The van der Waals surface area contributed by atoms with Gasteiger partial charge in [0, 0.05) is 18.4 Å². The fourth-order valence-electron chi connectivity index (χ4n) is 2.09. The average Bonchev–Trinajstić information content (AvgIpc) is 2.80. The van der Waals surface area contributed by atoms with E-state index in [2.05, 4.69) is 16.4 Å². The number of pyridine rings is 1. The summed E-state index contributed by atoms with van der Waals surface area (Å²) < 4.78 is 0. The van der Waals surface area contributed by atoms with Crippen molar-refractivity contribution in [2.24, 2.45) is 0 Å². The largest absolute Gasteiger partial charge is 0.295 e. The summed E-state index contributed by atoms with van der Waals surface area (Å²) in [5.74, 6) is 0. The highest BCUT2D eigenvalue weighted by molar-refractivity contribution is 5.21. The molecule has 1 aromatic heterocycles. The topological polar surface area (TPSA) is 48.7 Å². The van der Waals surface area contributed by atoms with Crippen LogP contribution in [0.5, 0.6) is 0 Å². The van der Waals surface area contributed by atoms with Gasteiger partial charge in [-0.1, -0.05) is 12.8 Å². The van der Waals surface area contributed by atoms with Gasteiger partial charge in [-0.3, -0.25) is 10.3 Å². The highest BCUT2D eigenvalue weighted by Crippen LogP contribution is 2.21. The normalized spacial score (nSPS) is 18.6. The van der Waals surface area contributed by atoms with Gasteiger partial charge in [0.05, 0.1) is 6.07 Å². The van der Waals surface area contributed by atoms with E-state index < -0.39 is 0 Å². The Morgan fingerprint density at radius 2 is 2.00 bits per heavy atom. The minimum atomic E-state index is -0.184. The van der Waals surface area contributed by atoms with E-state index in [1.807, 2.05) is 12.1 Å². The molecule has 0 aliphatic heterocycles. The second-order valence-corrected chi connectivity index (χ2v) is 3.99. The lowest BCUT2D eigenvalue weighted by atomic mass is 10.1. The first-order valence-corrected chi connectivity index (χ1v) is 5.46. The van der Waals surface area contributed by atoms with Gasteiger partial charge in [0.25, 0.3) is 0 Å². The minimum Gasteiger partial charge on any atom is -0.295 e. The van der Waals surface area contributed by atoms with E-state index >= 15 is 0 Å². The summed E-state index contributed by atoms with van der Waals surface area (Å²) in [5, 5.41) is 12.5. The highest BCUT2D eigenvalue weighted by Gasteiger charge is 2.19. The summed E-state index contributed by atoms with van der Waals surface area (Å²) in [6.45, 7) is 0. The predicted octanol–water partition coefficient (Wildman–Crippen LogP) is 2.18. The van der Waals surface area contributed by atoms with E-state index in [1.165, 1.54) is 25.7 Å². The first-order chi connectivity index (χ1) is 7.40. The van der Waals surface area contributed by atoms with Crippen LogP contribution in [-0.2, 0) is 0 Å². The van der Waals surface area contributed by atoms with Crippen LogP contribution in [-0.4, -0.2) is 11.0 Å². The Hall–Kier alpha value is -1.40. The van der Waals surface area contributed by atoms with Crippen molar-refractivity contribution in [2.75, 3.05) is 0 Å². The van der Waals surface area contributed by atoms with Gasteiger partial charge in [-0.05, 0) is 30.5 Å². The molecule has 1 heterocycles. The molecule has 3 heteroatoms. The number of hydrogen-bond donors (Lipinski definition) is 1. The van der Waals surface area contributed by atoms with Gasteiger partial charge >= 0.3 is 0 Å². The summed E-state index contributed by atoms with van der Waals surface area (Å²) in [6, 6.07) is 6.44. The lowest BCUT2D eigenvalue weighted by molar-refractivity contribution is 0.492. The second-order valence-electron chi connectivity index (χ2n) is 3.99. The number of aromatic nitrogens is 1. The van der Waals surface area contributed by atoms with Crippen molar-refractivity contribution < 1.29 is 0 Å². The lowest BCUT2D eigenvalue weighted by Gasteiger charge is -2.16. The third-order valence-electron chi connectivity index (χ3n) is 2.93. The molecule has 0 bridgehead atoms. The van der Waals surface area contributed by atoms with Gasteiger partial charge < -0.3 is 0 Å². The molecule has 0 aromatic carbocycles. The second kappa shape index (κ2) is 4.90. The summed E-state index contributed by atoms with van der Waals surface area (Å²) in [5.41, 5.74) is 1.01. The van der Waals surface area contributed by atoms with Crippen molar-refractivity contribution in [3.8, 4) is 6.07 Å². The van der Waals surface area contributed by atoms with Gasteiger partial charge in [-0.2, -0.15) is 5.26 Å². The zero-order valence-electron chi connectivity index (χ0n) is 8.69. The highest BCUT2D eigenvalue weighted by atomic mass is 15.0. The van der Waals surface area contributed by atoms with Crippen molar-refractivity contribution in [1.82, 2.24) is 10.3 Å². The molecule has 1 aromatic rings. The third-order valence-corrected chi connectivity index (χ3v) is 2.93. The van der Waals surface area contributed by atoms with Gasteiger partial charge in [0.1, 0.15) is 6.04 Å². The SMILES string of the molecule is N#CC(NC1CCCC1)c1ccncc1. The third kappa shape index (κ3) is 2.54. The first kappa shape index (κ1) is 10.1. The molecular formula is C12H15N3. The van der Waals surface area contributed by atoms with Crippen LogP contribution < -0.4 is 5.32 Å². The molecule has 15 heavy (non-hydrogen) atoms. The van der Waals surface area contributed by atoms with Crippen LogP contribution in [0.4, 0.5) is 0 Å². The molecule has 2 rings (SSSR count). The molecule has 1 aliphatic rings. The predicted molar refractivity (Wildman–Crippen MR) is 58.0 cm³/mol. The number of nitrogens with one attached hydrogen (secondary N) is 1. The zero-order valence-corrected chi connectivity index (χ0v) is 8.69. The number of nitriles is 1. The fraction of sp³-hybridized carbons (Fsp3) is 0.500. The molecule has 78 valence electrons. The Balaban J connectivity index is 2.02. The summed E-state index contributed by atoms with van der Waals surface area (Å²) >= 11 is 0. The molecule has 0 amide bonds. The Labute approximate surface area is 90.1 Å². The van der Waals surface area contributed by atoms with E-state index in [1.54, 1.807) is 12.4 Å². The first-order valence-electron chi connectivity index (χ1n) is 5.46. The van der Waals surface area contributed by atoms with E-state index in [4.69, 9.17) is 5.26 Å². The molecule has 1 aliphatic carbocycles. The van der Waals surface area contributed by atoms with Crippen LogP contribution in [0.25, 0.3) is 0 Å². The van der Waals surface area contributed by atoms with E-state index in [-0.39, 0.29) is 6.04 Å². The molecular weight excluding hydrogens is 186 g/mol. The molecule has 1 unspecified atom stereocenters. The maximum atomic E-state index is 9.11. The van der Waals surface area contributed by atoms with Crippen molar-refractivity contribution in [3.63, 3.8) is 0 Å². The van der Waals surface area contributed by atoms with Crippen molar-refractivity contribution in [2.45, 2.75) is 37.8 Å². The number of nitrogens with zero attached hydrogens (tertiary/aromatic N) is 2. The number of rotatable bonds is 3. The van der Waals surface area contributed by atoms with Gasteiger partial charge in [-0.15, -0.1) is 0 Å². The standard InChI is InChI=1S/C12H15N3/c13-9-12(10-5-7-14-8-6-10)15-11-3-1-2-4-11/h5-8,11-12,15H,1-4H2. The van der Waals surface area contributed by atoms with Crippen LogP contribution in [0.15, 0.2) is 24.5 Å². The summed E-state index contributed by atoms with van der Waals surface area (Å²) in [7, 11) is 0. The van der Waals surface area contributed by atoms with Crippen molar-refractivity contribution in [3.05, 3.63) is 30.1 Å². The maximum Gasteiger partial charge on any atom is 0.121 e. The van der Waals surface area contributed by atoms with E-state index in [0.29, 0.717) is 6.04 Å². The Morgan fingerprint density at radius 1 is 1.33 bits per heavy atom. The quantitative estimate of drug-likeness (QED) is 0.815. The van der Waals surface area contributed by atoms with Gasteiger partial charge in [0.2, 0.25) is 0 Å². The Morgan fingerprint density at radius 3 is 2.60 bits per heavy atom. The monoisotopic (exact) mass is 201 g/mol. The van der Waals surface area contributed by atoms with E-state index in [0.717, 1.165) is 5.56 Å². The van der Waals surface area contributed by atoms with Crippen LogP contribution >= 0.6 is 0 Å². The lowest BCUT2D eigenvalue weighted by Crippen LogP contribution is -2.29. The summed E-state index contributed by atoms with van der Waals surface area (Å²) in [6.07, 6.45) is 8.43. The molecule has 1 N–H and O–H groups in total.